The lowest BCUT2D eigenvalue weighted by molar-refractivity contribution is 0.0972. The van der Waals surface area contributed by atoms with E-state index in [1.54, 1.807) is 0 Å². The maximum absolute atomic E-state index is 5.89. The third-order valence-electron chi connectivity index (χ3n) is 3.52. The van der Waals surface area contributed by atoms with Crippen LogP contribution in [0.15, 0.2) is 22.7 Å². The normalized spacial score (nSPS) is 19.4. The highest BCUT2D eigenvalue weighted by Crippen LogP contribution is 2.24. The van der Waals surface area contributed by atoms with Gasteiger partial charge >= 0.3 is 0 Å². The molecule has 0 spiro atoms. The monoisotopic (exact) mass is 342 g/mol. The number of hydrogen-bond acceptors (Lipinski definition) is 2. The van der Waals surface area contributed by atoms with Crippen molar-refractivity contribution in [3.8, 4) is 0 Å². The molecule has 2 heterocycles. The zero-order valence-electron chi connectivity index (χ0n) is 10.6. The predicted molar refractivity (Wildman–Crippen MR) is 80.8 cm³/mol. The fraction of sp³-hybridized carbons (Fsp3) is 0.500. The number of benzene rings is 1. The average Bonchev–Trinajstić information content (AvgIpc) is 2.99. The van der Waals surface area contributed by atoms with E-state index in [1.807, 2.05) is 0 Å². The maximum Gasteiger partial charge on any atom is 0.111 e. The second-order valence-corrected chi connectivity index (χ2v) is 6.14. The van der Waals surface area contributed by atoms with Crippen molar-refractivity contribution in [3.05, 3.63) is 28.5 Å². The Morgan fingerprint density at radius 2 is 2.37 bits per heavy atom. The van der Waals surface area contributed by atoms with Gasteiger partial charge in [0.25, 0.3) is 0 Å². The molecule has 1 atom stereocenters. The summed E-state index contributed by atoms with van der Waals surface area (Å²) in [5, 5.41) is 0. The lowest BCUT2D eigenvalue weighted by Gasteiger charge is -2.13. The van der Waals surface area contributed by atoms with Crippen LogP contribution in [-0.2, 0) is 17.7 Å². The first-order valence-corrected chi connectivity index (χ1v) is 7.93. The van der Waals surface area contributed by atoms with E-state index in [0.29, 0.717) is 12.0 Å². The van der Waals surface area contributed by atoms with E-state index in [0.717, 1.165) is 48.2 Å². The van der Waals surface area contributed by atoms with Gasteiger partial charge in [0, 0.05) is 23.4 Å². The Morgan fingerprint density at radius 3 is 3.11 bits per heavy atom. The Hall–Kier alpha value is -0.580. The van der Waals surface area contributed by atoms with E-state index < -0.39 is 0 Å². The number of alkyl halides is 1. The molecular weight excluding hydrogens is 328 g/mol. The maximum atomic E-state index is 5.89. The van der Waals surface area contributed by atoms with Crippen LogP contribution in [0, 0.1) is 0 Å². The summed E-state index contributed by atoms with van der Waals surface area (Å²) in [4.78, 5) is 4.70. The number of ether oxygens (including phenoxy) is 1. The molecule has 0 amide bonds. The van der Waals surface area contributed by atoms with E-state index in [-0.39, 0.29) is 0 Å². The molecule has 5 heteroatoms. The fourth-order valence-electron chi connectivity index (χ4n) is 2.62. The van der Waals surface area contributed by atoms with Crippen LogP contribution in [0.5, 0.6) is 0 Å². The van der Waals surface area contributed by atoms with Gasteiger partial charge in [0.15, 0.2) is 0 Å². The highest BCUT2D eigenvalue weighted by atomic mass is 79.9. The lowest BCUT2D eigenvalue weighted by Crippen LogP contribution is -2.17. The van der Waals surface area contributed by atoms with Gasteiger partial charge in [-0.25, -0.2) is 4.98 Å². The molecule has 3 nitrogen and oxygen atoms in total. The topological polar surface area (TPSA) is 27.1 Å². The number of hydrogen-bond donors (Lipinski definition) is 0. The molecule has 1 fully saturated rings. The summed E-state index contributed by atoms with van der Waals surface area (Å²) in [5.41, 5.74) is 2.19. The summed E-state index contributed by atoms with van der Waals surface area (Å²) in [6, 6.07) is 6.22. The molecule has 0 radical (unpaired) electrons. The van der Waals surface area contributed by atoms with Crippen molar-refractivity contribution >= 4 is 38.6 Å². The molecule has 0 N–H and O–H groups in total. The van der Waals surface area contributed by atoms with Gasteiger partial charge in [-0.05, 0) is 31.0 Å². The van der Waals surface area contributed by atoms with Gasteiger partial charge in [0.05, 0.1) is 23.7 Å². The lowest BCUT2D eigenvalue weighted by atomic mass is 10.2. The smallest absolute Gasteiger partial charge is 0.111 e. The molecule has 1 aromatic carbocycles. The van der Waals surface area contributed by atoms with Gasteiger partial charge in [0.1, 0.15) is 5.82 Å². The summed E-state index contributed by atoms with van der Waals surface area (Å²) in [6.07, 6.45) is 3.40. The van der Waals surface area contributed by atoms with Crippen LogP contribution in [0.2, 0.25) is 0 Å². The average molecular weight is 344 g/mol. The van der Waals surface area contributed by atoms with Crippen LogP contribution in [0.1, 0.15) is 18.7 Å². The molecule has 0 aliphatic carbocycles. The first-order chi connectivity index (χ1) is 9.28. The number of nitrogens with zero attached hydrogens (tertiary/aromatic N) is 2. The molecule has 3 rings (SSSR count). The van der Waals surface area contributed by atoms with Crippen molar-refractivity contribution in [2.24, 2.45) is 0 Å². The Bertz CT molecular complexity index is 578. The van der Waals surface area contributed by atoms with Crippen molar-refractivity contribution in [2.75, 3.05) is 12.5 Å². The minimum absolute atomic E-state index is 0.315. The number of aromatic nitrogens is 2. The van der Waals surface area contributed by atoms with Crippen LogP contribution in [-0.4, -0.2) is 28.1 Å². The molecule has 1 unspecified atom stereocenters. The number of fused-ring (bicyclic) bond motifs is 1. The van der Waals surface area contributed by atoms with Crippen LogP contribution < -0.4 is 0 Å². The van der Waals surface area contributed by atoms with Gasteiger partial charge < -0.3 is 9.30 Å². The first-order valence-electron chi connectivity index (χ1n) is 6.60. The summed E-state index contributed by atoms with van der Waals surface area (Å²) in [6.45, 7) is 1.76. The van der Waals surface area contributed by atoms with Crippen molar-refractivity contribution in [1.82, 2.24) is 9.55 Å². The third-order valence-corrected chi connectivity index (χ3v) is 4.20. The van der Waals surface area contributed by atoms with Crippen molar-refractivity contribution in [2.45, 2.75) is 31.9 Å². The standard InChI is InChI=1S/C14H16BrClN2O/c15-10-3-4-13-12(8-10)17-14(5-6-16)18(13)9-11-2-1-7-19-11/h3-4,8,11H,1-2,5-7,9H2. The molecule has 1 aliphatic heterocycles. The Labute approximate surface area is 126 Å². The van der Waals surface area contributed by atoms with E-state index in [2.05, 4.69) is 38.7 Å². The quantitative estimate of drug-likeness (QED) is 0.790. The Morgan fingerprint density at radius 1 is 1.47 bits per heavy atom. The van der Waals surface area contributed by atoms with Crippen LogP contribution in [0.4, 0.5) is 0 Å². The highest BCUT2D eigenvalue weighted by Gasteiger charge is 2.19. The third kappa shape index (κ3) is 2.81. The van der Waals surface area contributed by atoms with Crippen molar-refractivity contribution in [1.29, 1.82) is 0 Å². The molecule has 1 saturated heterocycles. The molecular formula is C14H16BrClN2O. The summed E-state index contributed by atoms with van der Waals surface area (Å²) < 4.78 is 9.06. The molecule has 0 saturated carbocycles. The van der Waals surface area contributed by atoms with Crippen molar-refractivity contribution in [3.63, 3.8) is 0 Å². The van der Waals surface area contributed by atoms with Gasteiger partial charge in [-0.2, -0.15) is 0 Å². The van der Waals surface area contributed by atoms with E-state index in [4.69, 9.17) is 21.3 Å². The second kappa shape index (κ2) is 5.81. The van der Waals surface area contributed by atoms with E-state index >= 15 is 0 Å². The van der Waals surface area contributed by atoms with Gasteiger partial charge in [-0.1, -0.05) is 15.9 Å². The molecule has 1 aromatic heterocycles. The minimum atomic E-state index is 0.315. The first kappa shape index (κ1) is 13.4. The summed E-state index contributed by atoms with van der Waals surface area (Å²) >= 11 is 9.38. The fourth-order valence-corrected chi connectivity index (χ4v) is 3.14. The van der Waals surface area contributed by atoms with Crippen LogP contribution in [0.25, 0.3) is 11.0 Å². The molecule has 102 valence electrons. The summed E-state index contributed by atoms with van der Waals surface area (Å²) in [7, 11) is 0. The SMILES string of the molecule is ClCCc1nc2cc(Br)ccc2n1CC1CCCO1. The van der Waals surface area contributed by atoms with Gasteiger partial charge in [-0.3, -0.25) is 0 Å². The van der Waals surface area contributed by atoms with E-state index in [1.165, 1.54) is 5.52 Å². The van der Waals surface area contributed by atoms with Crippen LogP contribution in [0.3, 0.4) is 0 Å². The molecule has 0 bridgehead atoms. The van der Waals surface area contributed by atoms with E-state index in [9.17, 15) is 0 Å². The number of halogens is 2. The number of aryl methyl sites for hydroxylation is 1. The Kier molecular flexibility index (Phi) is 4.10. The minimum Gasteiger partial charge on any atom is -0.376 e. The highest BCUT2D eigenvalue weighted by molar-refractivity contribution is 9.10. The zero-order valence-corrected chi connectivity index (χ0v) is 13.0. The summed E-state index contributed by atoms with van der Waals surface area (Å²) in [5.74, 6) is 1.65. The second-order valence-electron chi connectivity index (χ2n) is 4.85. The Balaban J connectivity index is 2.00. The molecule has 19 heavy (non-hydrogen) atoms. The van der Waals surface area contributed by atoms with Gasteiger partial charge in [-0.15, -0.1) is 11.6 Å². The largest absolute Gasteiger partial charge is 0.376 e. The number of rotatable bonds is 4. The van der Waals surface area contributed by atoms with Crippen LogP contribution >= 0.6 is 27.5 Å². The molecule has 1 aliphatic rings. The van der Waals surface area contributed by atoms with Crippen molar-refractivity contribution < 1.29 is 4.74 Å². The zero-order chi connectivity index (χ0) is 13.2. The predicted octanol–water partition coefficient (Wildman–Crippen LogP) is 3.76. The molecule has 2 aromatic rings. The van der Waals surface area contributed by atoms with Gasteiger partial charge in [0.2, 0.25) is 0 Å². The number of imidazole rings is 1.